The molecule has 14 heavy (non-hydrogen) atoms. The molecule has 1 rings (SSSR count). The number of thiocarbonyl (C=S) groups is 1. The van der Waals surface area contributed by atoms with Gasteiger partial charge in [-0.15, -0.1) is 0 Å². The Bertz CT molecular complexity index is 176. The lowest BCUT2D eigenvalue weighted by molar-refractivity contribution is 0.334. The van der Waals surface area contributed by atoms with Crippen molar-refractivity contribution in [3.63, 3.8) is 0 Å². The van der Waals surface area contributed by atoms with Gasteiger partial charge in [-0.25, -0.2) is 0 Å². The number of nitrogens with zero attached hydrogens (tertiary/aromatic N) is 2. The molecule has 1 saturated heterocycles. The topological polar surface area (TPSA) is 18.5 Å². The zero-order chi connectivity index (χ0) is 10.4. The van der Waals surface area contributed by atoms with Crippen LogP contribution in [0.1, 0.15) is 19.3 Å². The number of hydrogen-bond acceptors (Lipinski definition) is 2. The molecule has 0 aromatic rings. The van der Waals surface area contributed by atoms with Gasteiger partial charge in [0.1, 0.15) is 0 Å². The molecule has 0 aromatic carbocycles. The largest absolute Gasteiger partial charge is 0.361 e. The zero-order valence-corrected chi connectivity index (χ0v) is 10.1. The predicted molar refractivity (Wildman–Crippen MR) is 64.6 cm³/mol. The molecule has 0 radical (unpaired) electrons. The standard InChI is InChI=1S/C10H21N3S/c1-12(2)9-6-11-10(14)13-7-4-3-5-8-13/h3-9H2,1-2H3,(H,11,14). The van der Waals surface area contributed by atoms with E-state index in [1.165, 1.54) is 19.3 Å². The zero-order valence-electron chi connectivity index (χ0n) is 9.25. The molecule has 4 heteroatoms. The molecule has 0 unspecified atom stereocenters. The number of piperidine rings is 1. The van der Waals surface area contributed by atoms with Crippen molar-refractivity contribution in [1.29, 1.82) is 0 Å². The first kappa shape index (κ1) is 11.7. The summed E-state index contributed by atoms with van der Waals surface area (Å²) in [6.07, 6.45) is 3.93. The number of likely N-dealkylation sites (tertiary alicyclic amines) is 1. The number of rotatable bonds is 3. The molecular weight excluding hydrogens is 194 g/mol. The maximum absolute atomic E-state index is 5.32. The Labute approximate surface area is 92.4 Å². The van der Waals surface area contributed by atoms with E-state index in [9.17, 15) is 0 Å². The molecule has 3 nitrogen and oxygen atoms in total. The summed E-state index contributed by atoms with van der Waals surface area (Å²) in [6, 6.07) is 0. The van der Waals surface area contributed by atoms with Crippen LogP contribution in [0.2, 0.25) is 0 Å². The third kappa shape index (κ3) is 4.24. The van der Waals surface area contributed by atoms with Gasteiger partial charge in [-0.1, -0.05) is 0 Å². The van der Waals surface area contributed by atoms with Crippen LogP contribution in [0.15, 0.2) is 0 Å². The van der Waals surface area contributed by atoms with E-state index in [2.05, 4.69) is 29.2 Å². The first-order valence-electron chi connectivity index (χ1n) is 5.37. The monoisotopic (exact) mass is 215 g/mol. The van der Waals surface area contributed by atoms with Crippen molar-refractivity contribution in [1.82, 2.24) is 15.1 Å². The highest BCUT2D eigenvalue weighted by molar-refractivity contribution is 7.80. The van der Waals surface area contributed by atoms with Crippen LogP contribution in [0.25, 0.3) is 0 Å². The van der Waals surface area contributed by atoms with Crippen LogP contribution in [0.5, 0.6) is 0 Å². The highest BCUT2D eigenvalue weighted by atomic mass is 32.1. The Morgan fingerprint density at radius 2 is 1.93 bits per heavy atom. The van der Waals surface area contributed by atoms with Crippen LogP contribution in [-0.2, 0) is 0 Å². The van der Waals surface area contributed by atoms with Crippen molar-refractivity contribution in [3.05, 3.63) is 0 Å². The maximum Gasteiger partial charge on any atom is 0.168 e. The minimum Gasteiger partial charge on any atom is -0.361 e. The maximum atomic E-state index is 5.32. The van der Waals surface area contributed by atoms with E-state index in [4.69, 9.17) is 12.2 Å². The molecule has 82 valence electrons. The van der Waals surface area contributed by atoms with Gasteiger partial charge in [0.15, 0.2) is 5.11 Å². The lowest BCUT2D eigenvalue weighted by Crippen LogP contribution is -2.44. The Morgan fingerprint density at radius 3 is 2.50 bits per heavy atom. The van der Waals surface area contributed by atoms with E-state index in [1.54, 1.807) is 0 Å². The summed E-state index contributed by atoms with van der Waals surface area (Å²) in [5.41, 5.74) is 0. The minimum absolute atomic E-state index is 0.937. The van der Waals surface area contributed by atoms with Crippen molar-refractivity contribution < 1.29 is 0 Å². The Kier molecular flexibility index (Phi) is 5.19. The summed E-state index contributed by atoms with van der Waals surface area (Å²) < 4.78 is 0. The molecule has 1 heterocycles. The Hall–Kier alpha value is -0.350. The second kappa shape index (κ2) is 6.19. The summed E-state index contributed by atoms with van der Waals surface area (Å²) in [6.45, 7) is 4.25. The van der Waals surface area contributed by atoms with Crippen LogP contribution < -0.4 is 5.32 Å². The smallest absolute Gasteiger partial charge is 0.168 e. The van der Waals surface area contributed by atoms with E-state index in [1.807, 2.05) is 0 Å². The molecule has 1 fully saturated rings. The van der Waals surface area contributed by atoms with E-state index < -0.39 is 0 Å². The average Bonchev–Trinajstić information content (AvgIpc) is 2.18. The Balaban J connectivity index is 2.13. The summed E-state index contributed by atoms with van der Waals surface area (Å²) in [7, 11) is 4.15. The van der Waals surface area contributed by atoms with Crippen LogP contribution in [0.4, 0.5) is 0 Å². The molecule has 0 aliphatic carbocycles. The van der Waals surface area contributed by atoms with Crippen molar-refractivity contribution in [3.8, 4) is 0 Å². The van der Waals surface area contributed by atoms with Gasteiger partial charge in [0.25, 0.3) is 0 Å². The number of likely N-dealkylation sites (N-methyl/N-ethyl adjacent to an activating group) is 1. The van der Waals surface area contributed by atoms with Crippen LogP contribution in [-0.4, -0.2) is 55.2 Å². The molecule has 0 aromatic heterocycles. The summed E-state index contributed by atoms with van der Waals surface area (Å²) >= 11 is 5.32. The van der Waals surface area contributed by atoms with Gasteiger partial charge in [-0.2, -0.15) is 0 Å². The second-order valence-electron chi connectivity index (χ2n) is 4.08. The van der Waals surface area contributed by atoms with E-state index in [0.717, 1.165) is 31.3 Å². The van der Waals surface area contributed by atoms with Gasteiger partial charge in [-0.3, -0.25) is 0 Å². The fraction of sp³-hybridized carbons (Fsp3) is 0.900. The van der Waals surface area contributed by atoms with Gasteiger partial charge < -0.3 is 15.1 Å². The fourth-order valence-electron chi connectivity index (χ4n) is 1.60. The Morgan fingerprint density at radius 1 is 1.29 bits per heavy atom. The summed E-state index contributed by atoms with van der Waals surface area (Å²) in [5, 5.41) is 4.24. The van der Waals surface area contributed by atoms with Crippen LogP contribution in [0, 0.1) is 0 Å². The highest BCUT2D eigenvalue weighted by Crippen LogP contribution is 2.08. The molecule has 0 bridgehead atoms. The normalized spacial score (nSPS) is 17.2. The third-order valence-electron chi connectivity index (χ3n) is 2.48. The van der Waals surface area contributed by atoms with Crippen LogP contribution in [0.3, 0.4) is 0 Å². The minimum atomic E-state index is 0.937. The van der Waals surface area contributed by atoms with Gasteiger partial charge in [0.2, 0.25) is 0 Å². The number of nitrogens with one attached hydrogen (secondary N) is 1. The summed E-state index contributed by atoms with van der Waals surface area (Å²) in [4.78, 5) is 4.44. The van der Waals surface area contributed by atoms with Crippen molar-refractivity contribution in [2.75, 3.05) is 40.3 Å². The summed E-state index contributed by atoms with van der Waals surface area (Å²) in [5.74, 6) is 0. The fourth-order valence-corrected chi connectivity index (χ4v) is 1.88. The van der Waals surface area contributed by atoms with E-state index >= 15 is 0 Å². The first-order valence-corrected chi connectivity index (χ1v) is 5.78. The quantitative estimate of drug-likeness (QED) is 0.705. The third-order valence-corrected chi connectivity index (χ3v) is 2.88. The molecular formula is C10H21N3S. The number of hydrogen-bond donors (Lipinski definition) is 1. The average molecular weight is 215 g/mol. The lowest BCUT2D eigenvalue weighted by Gasteiger charge is -2.29. The van der Waals surface area contributed by atoms with E-state index in [0.29, 0.717) is 0 Å². The molecule has 0 amide bonds. The molecule has 0 saturated carbocycles. The molecule has 1 aliphatic rings. The van der Waals surface area contributed by atoms with Gasteiger partial charge in [0, 0.05) is 26.2 Å². The molecule has 0 spiro atoms. The highest BCUT2D eigenvalue weighted by Gasteiger charge is 2.12. The predicted octanol–water partition coefficient (Wildman–Crippen LogP) is 0.908. The van der Waals surface area contributed by atoms with Gasteiger partial charge in [-0.05, 0) is 45.6 Å². The van der Waals surface area contributed by atoms with Gasteiger partial charge >= 0.3 is 0 Å². The van der Waals surface area contributed by atoms with Crippen molar-refractivity contribution in [2.45, 2.75) is 19.3 Å². The molecule has 0 atom stereocenters. The lowest BCUT2D eigenvalue weighted by atomic mass is 10.1. The van der Waals surface area contributed by atoms with Gasteiger partial charge in [0.05, 0.1) is 0 Å². The first-order chi connectivity index (χ1) is 6.70. The van der Waals surface area contributed by atoms with Crippen molar-refractivity contribution >= 4 is 17.3 Å². The van der Waals surface area contributed by atoms with Crippen molar-refractivity contribution in [2.24, 2.45) is 0 Å². The molecule has 1 N–H and O–H groups in total. The molecule has 1 aliphatic heterocycles. The van der Waals surface area contributed by atoms with E-state index in [-0.39, 0.29) is 0 Å². The second-order valence-corrected chi connectivity index (χ2v) is 4.47. The SMILES string of the molecule is CN(C)CCNC(=S)N1CCCCC1. The van der Waals surface area contributed by atoms with Crippen LogP contribution >= 0.6 is 12.2 Å².